The lowest BCUT2D eigenvalue weighted by Gasteiger charge is -2.15. The first-order valence-corrected chi connectivity index (χ1v) is 5.41. The molecule has 0 spiro atoms. The Kier molecular flexibility index (Phi) is 6.77. The fourth-order valence-corrected chi connectivity index (χ4v) is 0.708. The van der Waals surface area contributed by atoms with Gasteiger partial charge in [0.2, 0.25) is 0 Å². The predicted molar refractivity (Wildman–Crippen MR) is 65.0 cm³/mol. The lowest BCUT2D eigenvalue weighted by atomic mass is 9.99. The topological polar surface area (TPSA) is 57.5 Å². The number of carbonyl (C=O) groups is 1. The summed E-state index contributed by atoms with van der Waals surface area (Å²) in [7, 11) is 0. The van der Waals surface area contributed by atoms with Gasteiger partial charge < -0.3 is 10.2 Å². The van der Waals surface area contributed by atoms with Crippen LogP contribution in [0.25, 0.3) is 0 Å². The Balaban J connectivity index is 0.000000293. The maximum atomic E-state index is 10.2. The van der Waals surface area contributed by atoms with Gasteiger partial charge in [-0.25, -0.2) is 4.79 Å². The van der Waals surface area contributed by atoms with Gasteiger partial charge in [0, 0.05) is 17.9 Å². The van der Waals surface area contributed by atoms with Crippen molar-refractivity contribution < 1.29 is 15.0 Å². The first-order valence-electron chi connectivity index (χ1n) is 4.88. The highest BCUT2D eigenvalue weighted by molar-refractivity contribution is 6.18. The van der Waals surface area contributed by atoms with Crippen molar-refractivity contribution in [1.29, 1.82) is 0 Å². The zero-order valence-corrected chi connectivity index (χ0v) is 10.2. The molecule has 0 atom stereocenters. The summed E-state index contributed by atoms with van der Waals surface area (Å²) in [5, 5.41) is 16.9. The lowest BCUT2D eigenvalue weighted by molar-refractivity contribution is 0.0697. The summed E-state index contributed by atoms with van der Waals surface area (Å²) in [6.07, 6.45) is 0. The van der Waals surface area contributed by atoms with E-state index in [1.807, 2.05) is 13.8 Å². The van der Waals surface area contributed by atoms with Gasteiger partial charge >= 0.3 is 5.97 Å². The van der Waals surface area contributed by atoms with E-state index in [-0.39, 0.29) is 12.0 Å². The Morgan fingerprint density at radius 2 is 1.81 bits per heavy atom. The largest absolute Gasteiger partial charge is 0.478 e. The van der Waals surface area contributed by atoms with Crippen LogP contribution in [0, 0.1) is 5.41 Å². The summed E-state index contributed by atoms with van der Waals surface area (Å²) in [5.74, 6) is -0.362. The van der Waals surface area contributed by atoms with Crippen LogP contribution in [0.4, 0.5) is 0 Å². The average molecular weight is 245 g/mol. The lowest BCUT2D eigenvalue weighted by Crippen LogP contribution is -2.17. The van der Waals surface area contributed by atoms with Crippen molar-refractivity contribution in [2.75, 3.05) is 12.5 Å². The molecular formula is C12H17ClO3. The third-order valence-electron chi connectivity index (χ3n) is 1.81. The minimum Gasteiger partial charge on any atom is -0.478 e. The van der Waals surface area contributed by atoms with Crippen molar-refractivity contribution in [2.24, 2.45) is 5.41 Å². The second kappa shape index (κ2) is 7.25. The van der Waals surface area contributed by atoms with Crippen molar-refractivity contribution in [3.8, 4) is 0 Å². The Labute approximate surface area is 101 Å². The number of aliphatic hydroxyl groups excluding tert-OH is 1. The summed E-state index contributed by atoms with van der Waals surface area (Å²) in [6, 6.07) is 8.30. The van der Waals surface area contributed by atoms with Gasteiger partial charge in [-0.05, 0) is 12.1 Å². The molecule has 0 aliphatic rings. The molecule has 0 radical (unpaired) electrons. The van der Waals surface area contributed by atoms with E-state index in [0.717, 1.165) is 0 Å². The van der Waals surface area contributed by atoms with Crippen LogP contribution in [0.15, 0.2) is 30.3 Å². The second-order valence-corrected chi connectivity index (χ2v) is 4.39. The molecule has 0 amide bonds. The van der Waals surface area contributed by atoms with Gasteiger partial charge in [-0.15, -0.1) is 11.6 Å². The zero-order chi connectivity index (χ0) is 12.6. The van der Waals surface area contributed by atoms with E-state index in [9.17, 15) is 4.79 Å². The van der Waals surface area contributed by atoms with Crippen LogP contribution in [0.3, 0.4) is 0 Å². The molecule has 0 aromatic heterocycles. The number of alkyl halides is 1. The number of aliphatic hydroxyl groups is 1. The van der Waals surface area contributed by atoms with Crippen molar-refractivity contribution >= 4 is 17.6 Å². The molecule has 1 aromatic carbocycles. The minimum atomic E-state index is -0.879. The van der Waals surface area contributed by atoms with Gasteiger partial charge in [0.15, 0.2) is 0 Å². The SMILES string of the molecule is CC(C)(CO)CCl.O=C(O)c1ccccc1. The van der Waals surface area contributed by atoms with E-state index in [1.54, 1.807) is 30.3 Å². The fourth-order valence-electron chi connectivity index (χ4n) is 0.623. The highest BCUT2D eigenvalue weighted by atomic mass is 35.5. The maximum absolute atomic E-state index is 10.2. The number of carboxylic acids is 1. The smallest absolute Gasteiger partial charge is 0.335 e. The number of hydrogen-bond acceptors (Lipinski definition) is 2. The van der Waals surface area contributed by atoms with E-state index in [2.05, 4.69) is 0 Å². The Hall–Kier alpha value is -1.06. The van der Waals surface area contributed by atoms with Crippen LogP contribution in [-0.2, 0) is 0 Å². The van der Waals surface area contributed by atoms with Crippen molar-refractivity contribution in [3.05, 3.63) is 35.9 Å². The maximum Gasteiger partial charge on any atom is 0.335 e. The molecule has 0 unspecified atom stereocenters. The highest BCUT2D eigenvalue weighted by Crippen LogP contribution is 2.14. The van der Waals surface area contributed by atoms with E-state index in [4.69, 9.17) is 21.8 Å². The highest BCUT2D eigenvalue weighted by Gasteiger charge is 2.13. The summed E-state index contributed by atoms with van der Waals surface area (Å²) in [5.41, 5.74) is 0.235. The third kappa shape index (κ3) is 6.43. The standard InChI is InChI=1S/C7H6O2.C5H11ClO/c8-7(9)6-4-2-1-3-5-6;1-5(2,3-6)4-7/h1-5H,(H,8,9);7H,3-4H2,1-2H3. The van der Waals surface area contributed by atoms with Crippen molar-refractivity contribution in [2.45, 2.75) is 13.8 Å². The average Bonchev–Trinajstić information content (AvgIpc) is 2.31. The third-order valence-corrected chi connectivity index (χ3v) is 2.53. The van der Waals surface area contributed by atoms with Gasteiger partial charge in [-0.1, -0.05) is 32.0 Å². The van der Waals surface area contributed by atoms with Crippen molar-refractivity contribution in [1.82, 2.24) is 0 Å². The van der Waals surface area contributed by atoms with Crippen LogP contribution in [-0.4, -0.2) is 28.7 Å². The van der Waals surface area contributed by atoms with Crippen LogP contribution >= 0.6 is 11.6 Å². The van der Waals surface area contributed by atoms with Crippen LogP contribution in [0.5, 0.6) is 0 Å². The molecule has 0 saturated carbocycles. The Morgan fingerprint density at radius 3 is 2.00 bits per heavy atom. The van der Waals surface area contributed by atoms with Gasteiger partial charge in [0.1, 0.15) is 0 Å². The summed E-state index contributed by atoms with van der Waals surface area (Å²) in [6.45, 7) is 4.00. The monoisotopic (exact) mass is 244 g/mol. The number of halogens is 1. The van der Waals surface area contributed by atoms with E-state index in [1.165, 1.54) is 0 Å². The minimum absolute atomic E-state index is 0.0957. The van der Waals surface area contributed by atoms with E-state index < -0.39 is 5.97 Å². The Morgan fingerprint density at radius 1 is 1.31 bits per heavy atom. The molecule has 90 valence electrons. The van der Waals surface area contributed by atoms with Gasteiger partial charge in [-0.2, -0.15) is 0 Å². The summed E-state index contributed by atoms with van der Waals surface area (Å²) < 4.78 is 0. The molecule has 2 N–H and O–H groups in total. The van der Waals surface area contributed by atoms with Crippen molar-refractivity contribution in [3.63, 3.8) is 0 Å². The van der Waals surface area contributed by atoms with Gasteiger partial charge in [0.25, 0.3) is 0 Å². The Bertz CT molecular complexity index is 303. The number of hydrogen-bond donors (Lipinski definition) is 2. The van der Waals surface area contributed by atoms with Crippen LogP contribution in [0.2, 0.25) is 0 Å². The molecule has 0 saturated heterocycles. The van der Waals surface area contributed by atoms with Gasteiger partial charge in [0.05, 0.1) is 5.56 Å². The first kappa shape index (κ1) is 14.9. The number of rotatable bonds is 3. The molecule has 0 heterocycles. The fraction of sp³-hybridized carbons (Fsp3) is 0.417. The molecule has 0 aliphatic heterocycles. The van der Waals surface area contributed by atoms with Crippen LogP contribution < -0.4 is 0 Å². The van der Waals surface area contributed by atoms with E-state index in [0.29, 0.717) is 11.4 Å². The second-order valence-electron chi connectivity index (χ2n) is 4.13. The summed E-state index contributed by atoms with van der Waals surface area (Å²) >= 11 is 5.43. The summed E-state index contributed by atoms with van der Waals surface area (Å²) in [4.78, 5) is 10.2. The number of benzene rings is 1. The predicted octanol–water partition coefficient (Wildman–Crippen LogP) is 2.63. The van der Waals surface area contributed by atoms with Gasteiger partial charge in [-0.3, -0.25) is 0 Å². The zero-order valence-electron chi connectivity index (χ0n) is 9.48. The molecule has 0 fully saturated rings. The van der Waals surface area contributed by atoms with Crippen LogP contribution in [0.1, 0.15) is 24.2 Å². The molecule has 16 heavy (non-hydrogen) atoms. The number of carboxylic acid groups (broad SMARTS) is 1. The molecule has 3 nitrogen and oxygen atoms in total. The molecular weight excluding hydrogens is 228 g/mol. The molecule has 1 aromatic rings. The molecule has 0 aliphatic carbocycles. The van der Waals surface area contributed by atoms with E-state index >= 15 is 0 Å². The number of aromatic carboxylic acids is 1. The normalized spacial score (nSPS) is 10.2. The quantitative estimate of drug-likeness (QED) is 0.804. The molecule has 4 heteroatoms. The first-order chi connectivity index (χ1) is 7.43. The molecule has 1 rings (SSSR count). The molecule has 0 bridgehead atoms.